The Bertz CT molecular complexity index is 673. The SMILES string of the molecule is Cc1oncc1CN1CCN(c2nccc(N3CCCC3)n2)CC1. The van der Waals surface area contributed by atoms with Crippen LogP contribution in [0.3, 0.4) is 0 Å². The van der Waals surface area contributed by atoms with Gasteiger partial charge in [0, 0.05) is 57.6 Å². The molecule has 2 aromatic heterocycles. The summed E-state index contributed by atoms with van der Waals surface area (Å²) in [5, 5.41) is 3.86. The van der Waals surface area contributed by atoms with E-state index >= 15 is 0 Å². The van der Waals surface area contributed by atoms with Gasteiger partial charge in [0.15, 0.2) is 0 Å². The van der Waals surface area contributed by atoms with Gasteiger partial charge in [0.05, 0.1) is 6.20 Å². The molecule has 7 heteroatoms. The van der Waals surface area contributed by atoms with E-state index in [9.17, 15) is 0 Å². The summed E-state index contributed by atoms with van der Waals surface area (Å²) in [6.07, 6.45) is 6.24. The predicted molar refractivity (Wildman–Crippen MR) is 92.2 cm³/mol. The van der Waals surface area contributed by atoms with Gasteiger partial charge in [-0.2, -0.15) is 4.98 Å². The fraction of sp³-hybridized carbons (Fsp3) is 0.588. The minimum absolute atomic E-state index is 0.861. The third-order valence-corrected chi connectivity index (χ3v) is 4.96. The molecule has 0 radical (unpaired) electrons. The van der Waals surface area contributed by atoms with Crippen molar-refractivity contribution in [1.29, 1.82) is 0 Å². The summed E-state index contributed by atoms with van der Waals surface area (Å²) in [5.74, 6) is 2.85. The molecule has 0 atom stereocenters. The van der Waals surface area contributed by atoms with E-state index in [1.165, 1.54) is 18.4 Å². The van der Waals surface area contributed by atoms with Crippen LogP contribution in [0.25, 0.3) is 0 Å². The number of aromatic nitrogens is 3. The van der Waals surface area contributed by atoms with Gasteiger partial charge in [-0.05, 0) is 25.8 Å². The smallest absolute Gasteiger partial charge is 0.227 e. The van der Waals surface area contributed by atoms with Crippen LogP contribution >= 0.6 is 0 Å². The van der Waals surface area contributed by atoms with Crippen LogP contribution in [0.5, 0.6) is 0 Å². The van der Waals surface area contributed by atoms with Crippen LogP contribution in [-0.2, 0) is 6.54 Å². The third kappa shape index (κ3) is 3.21. The number of hydrogen-bond acceptors (Lipinski definition) is 7. The van der Waals surface area contributed by atoms with E-state index in [1.807, 2.05) is 25.4 Å². The standard InChI is InChI=1S/C17H24N6O/c1-14-15(12-19-24-14)13-21-8-10-23(11-9-21)17-18-5-4-16(20-17)22-6-2-3-7-22/h4-5,12H,2-3,6-11,13H2,1H3. The van der Waals surface area contributed by atoms with Gasteiger partial charge in [-0.15, -0.1) is 0 Å². The normalized spacial score (nSPS) is 19.2. The summed E-state index contributed by atoms with van der Waals surface area (Å²) in [4.78, 5) is 16.4. The molecule has 2 aromatic rings. The van der Waals surface area contributed by atoms with Crippen LogP contribution in [-0.4, -0.2) is 59.3 Å². The van der Waals surface area contributed by atoms with Crippen molar-refractivity contribution in [2.45, 2.75) is 26.3 Å². The molecule has 128 valence electrons. The Labute approximate surface area is 142 Å². The van der Waals surface area contributed by atoms with E-state index in [1.54, 1.807) is 0 Å². The molecule has 24 heavy (non-hydrogen) atoms. The molecule has 2 aliphatic rings. The van der Waals surface area contributed by atoms with Crippen molar-refractivity contribution < 1.29 is 4.52 Å². The predicted octanol–water partition coefficient (Wildman–Crippen LogP) is 1.70. The van der Waals surface area contributed by atoms with Crippen LogP contribution in [0.2, 0.25) is 0 Å². The van der Waals surface area contributed by atoms with Crippen LogP contribution in [0.1, 0.15) is 24.2 Å². The van der Waals surface area contributed by atoms with Crippen molar-refractivity contribution in [1.82, 2.24) is 20.0 Å². The lowest BCUT2D eigenvalue weighted by Gasteiger charge is -2.34. The highest BCUT2D eigenvalue weighted by Gasteiger charge is 2.21. The summed E-state index contributed by atoms with van der Waals surface area (Å²) in [5.41, 5.74) is 1.18. The zero-order valence-corrected chi connectivity index (χ0v) is 14.2. The zero-order chi connectivity index (χ0) is 16.4. The topological polar surface area (TPSA) is 61.5 Å². The zero-order valence-electron chi connectivity index (χ0n) is 14.2. The van der Waals surface area contributed by atoms with Crippen molar-refractivity contribution in [3.8, 4) is 0 Å². The Morgan fingerprint density at radius 2 is 1.83 bits per heavy atom. The third-order valence-electron chi connectivity index (χ3n) is 4.96. The second-order valence-electron chi connectivity index (χ2n) is 6.58. The van der Waals surface area contributed by atoms with Crippen LogP contribution in [0.4, 0.5) is 11.8 Å². The highest BCUT2D eigenvalue weighted by molar-refractivity contribution is 5.44. The first-order valence-electron chi connectivity index (χ1n) is 8.75. The quantitative estimate of drug-likeness (QED) is 0.846. The van der Waals surface area contributed by atoms with Crippen molar-refractivity contribution in [3.63, 3.8) is 0 Å². The minimum atomic E-state index is 0.861. The maximum atomic E-state index is 5.15. The average molecular weight is 328 g/mol. The fourth-order valence-corrected chi connectivity index (χ4v) is 3.43. The van der Waals surface area contributed by atoms with Crippen molar-refractivity contribution >= 4 is 11.8 Å². The van der Waals surface area contributed by atoms with Gasteiger partial charge in [-0.25, -0.2) is 4.98 Å². The first kappa shape index (κ1) is 15.4. The minimum Gasteiger partial charge on any atom is -0.361 e. The molecule has 0 saturated carbocycles. The van der Waals surface area contributed by atoms with Crippen molar-refractivity contribution in [3.05, 3.63) is 29.8 Å². The lowest BCUT2D eigenvalue weighted by atomic mass is 10.2. The van der Waals surface area contributed by atoms with Crippen molar-refractivity contribution in [2.24, 2.45) is 0 Å². The summed E-state index contributed by atoms with van der Waals surface area (Å²) >= 11 is 0. The van der Waals surface area contributed by atoms with Gasteiger partial charge in [0.1, 0.15) is 11.6 Å². The molecular formula is C17H24N6O. The Balaban J connectivity index is 1.37. The molecule has 4 heterocycles. The molecule has 2 aliphatic heterocycles. The maximum absolute atomic E-state index is 5.15. The summed E-state index contributed by atoms with van der Waals surface area (Å²) in [6.45, 7) is 9.00. The number of piperazine rings is 1. The van der Waals surface area contributed by atoms with E-state index in [0.717, 1.165) is 63.3 Å². The van der Waals surface area contributed by atoms with Gasteiger partial charge >= 0.3 is 0 Å². The monoisotopic (exact) mass is 328 g/mol. The lowest BCUT2D eigenvalue weighted by molar-refractivity contribution is 0.247. The summed E-state index contributed by atoms with van der Waals surface area (Å²) in [7, 11) is 0. The van der Waals surface area contributed by atoms with E-state index in [0.29, 0.717) is 0 Å². The number of rotatable bonds is 4. The average Bonchev–Trinajstić information content (AvgIpc) is 3.28. The van der Waals surface area contributed by atoms with Gasteiger partial charge < -0.3 is 14.3 Å². The fourth-order valence-electron chi connectivity index (χ4n) is 3.43. The maximum Gasteiger partial charge on any atom is 0.227 e. The number of nitrogens with zero attached hydrogens (tertiary/aromatic N) is 6. The van der Waals surface area contributed by atoms with E-state index < -0.39 is 0 Å². The second-order valence-corrected chi connectivity index (χ2v) is 6.58. The number of anilines is 2. The van der Waals surface area contributed by atoms with Gasteiger partial charge in [0.2, 0.25) is 5.95 Å². The summed E-state index contributed by atoms with van der Waals surface area (Å²) < 4.78 is 5.15. The van der Waals surface area contributed by atoms with E-state index in [2.05, 4.69) is 24.8 Å². The van der Waals surface area contributed by atoms with Crippen LogP contribution in [0.15, 0.2) is 23.0 Å². The summed E-state index contributed by atoms with van der Waals surface area (Å²) in [6, 6.07) is 2.03. The molecule has 0 bridgehead atoms. The Morgan fingerprint density at radius 1 is 1.04 bits per heavy atom. The Morgan fingerprint density at radius 3 is 2.54 bits per heavy atom. The number of aryl methyl sites for hydroxylation is 1. The molecule has 7 nitrogen and oxygen atoms in total. The molecular weight excluding hydrogens is 304 g/mol. The molecule has 2 saturated heterocycles. The molecule has 0 N–H and O–H groups in total. The molecule has 0 aromatic carbocycles. The van der Waals surface area contributed by atoms with Crippen molar-refractivity contribution in [2.75, 3.05) is 49.1 Å². The lowest BCUT2D eigenvalue weighted by Crippen LogP contribution is -2.46. The second kappa shape index (κ2) is 6.76. The molecule has 0 amide bonds. The largest absolute Gasteiger partial charge is 0.361 e. The Kier molecular flexibility index (Phi) is 4.34. The van der Waals surface area contributed by atoms with Gasteiger partial charge in [-0.1, -0.05) is 5.16 Å². The molecule has 0 aliphatic carbocycles. The first-order chi connectivity index (χ1) is 11.8. The highest BCUT2D eigenvalue weighted by Crippen LogP contribution is 2.20. The molecule has 2 fully saturated rings. The van der Waals surface area contributed by atoms with Crippen LogP contribution in [0, 0.1) is 6.92 Å². The molecule has 0 spiro atoms. The van der Waals surface area contributed by atoms with E-state index in [-0.39, 0.29) is 0 Å². The number of hydrogen-bond donors (Lipinski definition) is 0. The molecule has 0 unspecified atom stereocenters. The molecule has 4 rings (SSSR count). The van der Waals surface area contributed by atoms with Gasteiger partial charge in [0.25, 0.3) is 0 Å². The first-order valence-corrected chi connectivity index (χ1v) is 8.75. The Hall–Kier alpha value is -2.15. The van der Waals surface area contributed by atoms with Crippen LogP contribution < -0.4 is 9.80 Å². The van der Waals surface area contributed by atoms with E-state index in [4.69, 9.17) is 9.51 Å². The highest BCUT2D eigenvalue weighted by atomic mass is 16.5. The van der Waals surface area contributed by atoms with Gasteiger partial charge in [-0.3, -0.25) is 4.90 Å².